The number of ether oxygens (including phenoxy) is 1. The number of carbonyl (C=O) groups is 1. The highest BCUT2D eigenvalue weighted by atomic mass is 19.2. The number of nitrogens with one attached hydrogen (secondary N) is 2. The van der Waals surface area contributed by atoms with E-state index in [1.807, 2.05) is 24.5 Å². The van der Waals surface area contributed by atoms with E-state index in [1.165, 1.54) is 12.1 Å². The molecule has 31 heavy (non-hydrogen) atoms. The highest BCUT2D eigenvalue weighted by molar-refractivity contribution is 5.99. The van der Waals surface area contributed by atoms with Gasteiger partial charge in [-0.2, -0.15) is 0 Å². The third-order valence-electron chi connectivity index (χ3n) is 4.11. The monoisotopic (exact) mass is 425 g/mol. The SMILES string of the molecule is O=C(Nc1ccc(Oc2ccc(-n3cccc3)nn2)cc1)Nc1ccc(F)c(F)c1F. The predicted octanol–water partition coefficient (Wildman–Crippen LogP) is 5.12. The van der Waals surface area contributed by atoms with Gasteiger partial charge in [-0.25, -0.2) is 18.0 Å². The second-order valence-corrected chi connectivity index (χ2v) is 6.25. The van der Waals surface area contributed by atoms with Crippen molar-refractivity contribution in [2.24, 2.45) is 0 Å². The van der Waals surface area contributed by atoms with Crippen LogP contribution in [0.4, 0.5) is 29.3 Å². The van der Waals surface area contributed by atoms with Gasteiger partial charge in [-0.3, -0.25) is 0 Å². The fourth-order valence-electron chi connectivity index (χ4n) is 2.63. The molecule has 156 valence electrons. The average molecular weight is 425 g/mol. The molecule has 4 aromatic rings. The van der Waals surface area contributed by atoms with Crippen LogP contribution in [0.1, 0.15) is 0 Å². The molecule has 2 amide bonds. The van der Waals surface area contributed by atoms with Crippen molar-refractivity contribution in [3.8, 4) is 17.4 Å². The zero-order chi connectivity index (χ0) is 21.8. The number of benzene rings is 2. The van der Waals surface area contributed by atoms with Crippen LogP contribution in [0.15, 0.2) is 73.1 Å². The number of anilines is 2. The van der Waals surface area contributed by atoms with Gasteiger partial charge in [0.15, 0.2) is 23.3 Å². The van der Waals surface area contributed by atoms with E-state index in [0.29, 0.717) is 23.3 Å². The quantitative estimate of drug-likeness (QED) is 0.435. The van der Waals surface area contributed by atoms with Crippen molar-refractivity contribution < 1.29 is 22.7 Å². The first-order valence-electron chi connectivity index (χ1n) is 8.96. The lowest BCUT2D eigenvalue weighted by Gasteiger charge is -2.10. The summed E-state index contributed by atoms with van der Waals surface area (Å²) in [6.07, 6.45) is 3.68. The molecule has 10 heteroatoms. The van der Waals surface area contributed by atoms with E-state index in [2.05, 4.69) is 20.8 Å². The minimum absolute atomic E-state index is 0.281. The minimum atomic E-state index is -1.66. The van der Waals surface area contributed by atoms with Crippen LogP contribution in [0.5, 0.6) is 11.6 Å². The standard InChI is InChI=1S/C21H14F3N5O2/c22-15-7-8-16(20(24)19(15)23)26-21(30)25-13-3-5-14(6-4-13)31-18-10-9-17(27-28-18)29-11-1-2-12-29/h1-12H,(H2,25,26,30). The second-order valence-electron chi connectivity index (χ2n) is 6.25. The van der Waals surface area contributed by atoms with E-state index in [4.69, 9.17) is 4.74 Å². The third kappa shape index (κ3) is 4.64. The number of hydrogen-bond acceptors (Lipinski definition) is 4. The summed E-state index contributed by atoms with van der Waals surface area (Å²) >= 11 is 0. The Labute approximate surface area is 174 Å². The van der Waals surface area contributed by atoms with Gasteiger partial charge in [0, 0.05) is 24.1 Å². The molecular formula is C21H14F3N5O2. The van der Waals surface area contributed by atoms with Crippen molar-refractivity contribution in [3.63, 3.8) is 0 Å². The summed E-state index contributed by atoms with van der Waals surface area (Å²) in [6, 6.07) is 14.2. The van der Waals surface area contributed by atoms with E-state index in [0.717, 1.165) is 6.07 Å². The van der Waals surface area contributed by atoms with Crippen LogP contribution >= 0.6 is 0 Å². The summed E-state index contributed by atoms with van der Waals surface area (Å²) in [4.78, 5) is 12.0. The van der Waals surface area contributed by atoms with Gasteiger partial charge in [-0.05, 0) is 54.6 Å². The smallest absolute Gasteiger partial charge is 0.323 e. The summed E-state index contributed by atoms with van der Waals surface area (Å²) in [7, 11) is 0. The lowest BCUT2D eigenvalue weighted by Crippen LogP contribution is -2.20. The fourth-order valence-corrected chi connectivity index (χ4v) is 2.63. The highest BCUT2D eigenvalue weighted by Gasteiger charge is 2.15. The molecule has 0 aliphatic heterocycles. The molecule has 0 aliphatic rings. The predicted molar refractivity (Wildman–Crippen MR) is 107 cm³/mol. The molecule has 4 rings (SSSR count). The largest absolute Gasteiger partial charge is 0.438 e. The first-order valence-corrected chi connectivity index (χ1v) is 8.96. The maximum absolute atomic E-state index is 13.6. The molecule has 2 aromatic carbocycles. The topological polar surface area (TPSA) is 81.1 Å². The maximum Gasteiger partial charge on any atom is 0.323 e. The van der Waals surface area contributed by atoms with Crippen LogP contribution in [-0.2, 0) is 0 Å². The average Bonchev–Trinajstić information content (AvgIpc) is 3.31. The van der Waals surface area contributed by atoms with Gasteiger partial charge in [0.25, 0.3) is 0 Å². The Morgan fingerprint density at radius 2 is 1.58 bits per heavy atom. The molecule has 2 aromatic heterocycles. The number of amides is 2. The minimum Gasteiger partial charge on any atom is -0.438 e. The Balaban J connectivity index is 1.36. The van der Waals surface area contributed by atoms with Crippen molar-refractivity contribution in [1.29, 1.82) is 0 Å². The number of carbonyl (C=O) groups excluding carboxylic acids is 1. The lowest BCUT2D eigenvalue weighted by molar-refractivity contribution is 0.262. The highest BCUT2D eigenvalue weighted by Crippen LogP contribution is 2.23. The summed E-state index contributed by atoms with van der Waals surface area (Å²) in [5.74, 6) is -3.13. The summed E-state index contributed by atoms with van der Waals surface area (Å²) in [5, 5.41) is 12.6. The van der Waals surface area contributed by atoms with E-state index in [9.17, 15) is 18.0 Å². The molecule has 0 fully saturated rings. The molecule has 2 heterocycles. The molecule has 0 spiro atoms. The molecule has 0 saturated heterocycles. The molecule has 0 unspecified atom stereocenters. The Morgan fingerprint density at radius 3 is 2.26 bits per heavy atom. The summed E-state index contributed by atoms with van der Waals surface area (Å²) in [6.45, 7) is 0. The zero-order valence-corrected chi connectivity index (χ0v) is 15.7. The lowest BCUT2D eigenvalue weighted by atomic mass is 10.3. The van der Waals surface area contributed by atoms with Crippen molar-refractivity contribution in [1.82, 2.24) is 14.8 Å². The van der Waals surface area contributed by atoms with E-state index in [1.54, 1.807) is 28.8 Å². The van der Waals surface area contributed by atoms with E-state index in [-0.39, 0.29) is 5.88 Å². The van der Waals surface area contributed by atoms with Gasteiger partial charge in [0.2, 0.25) is 5.88 Å². The summed E-state index contributed by atoms with van der Waals surface area (Å²) in [5.41, 5.74) is -0.125. The second kappa shape index (κ2) is 8.57. The van der Waals surface area contributed by atoms with E-state index >= 15 is 0 Å². The van der Waals surface area contributed by atoms with Gasteiger partial charge in [-0.1, -0.05) is 0 Å². The van der Waals surface area contributed by atoms with Crippen molar-refractivity contribution in [3.05, 3.63) is 90.5 Å². The van der Waals surface area contributed by atoms with Gasteiger partial charge in [0.05, 0.1) is 5.69 Å². The molecule has 0 bridgehead atoms. The first-order chi connectivity index (χ1) is 15.0. The van der Waals surface area contributed by atoms with Crippen LogP contribution in [0, 0.1) is 17.5 Å². The van der Waals surface area contributed by atoms with Crippen LogP contribution < -0.4 is 15.4 Å². The van der Waals surface area contributed by atoms with Crippen LogP contribution in [0.25, 0.3) is 5.82 Å². The van der Waals surface area contributed by atoms with Gasteiger partial charge in [0.1, 0.15) is 5.75 Å². The number of nitrogens with zero attached hydrogens (tertiary/aromatic N) is 3. The van der Waals surface area contributed by atoms with Gasteiger partial charge in [-0.15, -0.1) is 10.2 Å². The number of urea groups is 1. The van der Waals surface area contributed by atoms with Crippen LogP contribution in [0.3, 0.4) is 0 Å². The zero-order valence-electron chi connectivity index (χ0n) is 15.7. The Hall–Kier alpha value is -4.34. The Kier molecular flexibility index (Phi) is 5.52. The van der Waals surface area contributed by atoms with Gasteiger partial charge >= 0.3 is 6.03 Å². The number of aromatic nitrogens is 3. The number of hydrogen-bond donors (Lipinski definition) is 2. The van der Waals surface area contributed by atoms with Crippen molar-refractivity contribution in [2.45, 2.75) is 0 Å². The molecular weight excluding hydrogens is 411 g/mol. The third-order valence-corrected chi connectivity index (χ3v) is 4.11. The molecule has 0 atom stereocenters. The molecule has 0 radical (unpaired) electrons. The van der Waals surface area contributed by atoms with Crippen LogP contribution in [-0.4, -0.2) is 20.8 Å². The normalized spacial score (nSPS) is 10.5. The number of halogens is 3. The molecule has 0 saturated carbocycles. The fraction of sp³-hybridized carbons (Fsp3) is 0. The van der Waals surface area contributed by atoms with Crippen molar-refractivity contribution >= 4 is 17.4 Å². The Bertz CT molecular complexity index is 1200. The molecule has 7 nitrogen and oxygen atoms in total. The van der Waals surface area contributed by atoms with Crippen LogP contribution in [0.2, 0.25) is 0 Å². The Morgan fingerprint density at radius 1 is 0.839 bits per heavy atom. The van der Waals surface area contributed by atoms with E-state index < -0.39 is 29.2 Å². The summed E-state index contributed by atoms with van der Waals surface area (Å²) < 4.78 is 47.2. The first kappa shape index (κ1) is 20.0. The number of rotatable bonds is 5. The molecule has 0 aliphatic carbocycles. The van der Waals surface area contributed by atoms with Gasteiger partial charge < -0.3 is 19.9 Å². The molecule has 2 N–H and O–H groups in total. The maximum atomic E-state index is 13.6. The van der Waals surface area contributed by atoms with Crippen molar-refractivity contribution in [2.75, 3.05) is 10.6 Å².